The highest BCUT2D eigenvalue weighted by atomic mass is 35.5. The molecule has 3 rings (SSSR count). The summed E-state index contributed by atoms with van der Waals surface area (Å²) in [6.07, 6.45) is 1.63. The standard InChI is InChI=1S/C18H19ClN2O2S/c1-12-14(19)6-2-7-15(12)20-17(22)13-5-3-9-21(11-13)18(23)16-8-4-10-24-16/h2,4,6-8,10,13H,3,5,9,11H2,1H3,(H,20,22). The smallest absolute Gasteiger partial charge is 0.263 e. The number of piperidine rings is 1. The third-order valence-corrected chi connectivity index (χ3v) is 5.60. The zero-order chi connectivity index (χ0) is 17.1. The van der Waals surface area contributed by atoms with Gasteiger partial charge in [0.2, 0.25) is 5.91 Å². The van der Waals surface area contributed by atoms with Crippen LogP contribution >= 0.6 is 22.9 Å². The summed E-state index contributed by atoms with van der Waals surface area (Å²) in [4.78, 5) is 27.6. The first-order chi connectivity index (χ1) is 11.6. The first-order valence-electron chi connectivity index (χ1n) is 7.95. The van der Waals surface area contributed by atoms with E-state index in [2.05, 4.69) is 5.32 Å². The zero-order valence-corrected chi connectivity index (χ0v) is 15.0. The minimum atomic E-state index is -0.193. The highest BCUT2D eigenvalue weighted by Gasteiger charge is 2.29. The summed E-state index contributed by atoms with van der Waals surface area (Å²) in [6, 6.07) is 9.16. The van der Waals surface area contributed by atoms with Crippen LogP contribution in [0.1, 0.15) is 28.1 Å². The second-order valence-electron chi connectivity index (χ2n) is 5.97. The lowest BCUT2D eigenvalue weighted by Crippen LogP contribution is -2.43. The molecular formula is C18H19ClN2O2S. The van der Waals surface area contributed by atoms with E-state index in [1.165, 1.54) is 11.3 Å². The van der Waals surface area contributed by atoms with E-state index < -0.39 is 0 Å². The number of thiophene rings is 1. The van der Waals surface area contributed by atoms with Crippen molar-refractivity contribution in [3.8, 4) is 0 Å². The Morgan fingerprint density at radius 1 is 1.29 bits per heavy atom. The Bertz CT molecular complexity index is 745. The van der Waals surface area contributed by atoms with Crippen molar-refractivity contribution in [1.82, 2.24) is 4.90 Å². The number of carbonyl (C=O) groups is 2. The molecule has 1 aliphatic rings. The van der Waals surface area contributed by atoms with Crippen molar-refractivity contribution in [2.45, 2.75) is 19.8 Å². The van der Waals surface area contributed by atoms with Crippen LogP contribution < -0.4 is 5.32 Å². The summed E-state index contributed by atoms with van der Waals surface area (Å²) in [5, 5.41) is 5.48. The Labute approximate surface area is 150 Å². The minimum absolute atomic E-state index is 0.0152. The summed E-state index contributed by atoms with van der Waals surface area (Å²) in [5.41, 5.74) is 1.59. The number of likely N-dealkylation sites (tertiary alicyclic amines) is 1. The van der Waals surface area contributed by atoms with Gasteiger partial charge in [0.05, 0.1) is 10.8 Å². The van der Waals surface area contributed by atoms with Crippen LogP contribution in [0.15, 0.2) is 35.7 Å². The molecule has 1 unspecified atom stereocenters. The second-order valence-corrected chi connectivity index (χ2v) is 7.32. The molecule has 2 aromatic rings. The van der Waals surface area contributed by atoms with Crippen molar-refractivity contribution in [3.63, 3.8) is 0 Å². The summed E-state index contributed by atoms with van der Waals surface area (Å²) in [6.45, 7) is 3.05. The zero-order valence-electron chi connectivity index (χ0n) is 13.4. The van der Waals surface area contributed by atoms with E-state index in [0.717, 1.165) is 29.0 Å². The SMILES string of the molecule is Cc1c(Cl)cccc1NC(=O)C1CCCN(C(=O)c2cccs2)C1. The van der Waals surface area contributed by atoms with Gasteiger partial charge in [-0.3, -0.25) is 9.59 Å². The monoisotopic (exact) mass is 362 g/mol. The fourth-order valence-corrected chi connectivity index (χ4v) is 3.77. The first kappa shape index (κ1) is 17.0. The number of anilines is 1. The number of halogens is 1. The molecule has 0 spiro atoms. The lowest BCUT2D eigenvalue weighted by Gasteiger charge is -2.32. The van der Waals surface area contributed by atoms with Gasteiger partial charge in [-0.05, 0) is 48.9 Å². The normalized spacial score (nSPS) is 17.6. The molecule has 0 saturated carbocycles. The van der Waals surface area contributed by atoms with E-state index in [1.54, 1.807) is 11.0 Å². The molecule has 1 fully saturated rings. The molecule has 1 aromatic carbocycles. The van der Waals surface area contributed by atoms with Crippen molar-refractivity contribution in [2.24, 2.45) is 5.92 Å². The van der Waals surface area contributed by atoms with Crippen molar-refractivity contribution in [2.75, 3.05) is 18.4 Å². The number of nitrogens with one attached hydrogen (secondary N) is 1. The summed E-state index contributed by atoms with van der Waals surface area (Å²) < 4.78 is 0. The van der Waals surface area contributed by atoms with Crippen molar-refractivity contribution < 1.29 is 9.59 Å². The van der Waals surface area contributed by atoms with Gasteiger partial charge < -0.3 is 10.2 Å². The Hall–Kier alpha value is -1.85. The number of hydrogen-bond donors (Lipinski definition) is 1. The molecule has 2 heterocycles. The van der Waals surface area contributed by atoms with Crippen LogP contribution in [0.25, 0.3) is 0 Å². The molecule has 1 saturated heterocycles. The fourth-order valence-electron chi connectivity index (χ4n) is 2.91. The van der Waals surface area contributed by atoms with E-state index >= 15 is 0 Å². The Morgan fingerprint density at radius 3 is 2.88 bits per heavy atom. The molecule has 126 valence electrons. The van der Waals surface area contributed by atoms with Gasteiger partial charge in [-0.2, -0.15) is 0 Å². The lowest BCUT2D eigenvalue weighted by atomic mass is 9.96. The Morgan fingerprint density at radius 2 is 2.12 bits per heavy atom. The van der Waals surface area contributed by atoms with Gasteiger partial charge in [0.1, 0.15) is 0 Å². The molecule has 0 radical (unpaired) electrons. The van der Waals surface area contributed by atoms with Crippen molar-refractivity contribution >= 4 is 40.4 Å². The number of amides is 2. The molecule has 1 N–H and O–H groups in total. The molecule has 0 aliphatic carbocycles. The highest BCUT2D eigenvalue weighted by molar-refractivity contribution is 7.12. The maximum absolute atomic E-state index is 12.6. The number of hydrogen-bond acceptors (Lipinski definition) is 3. The predicted octanol–water partition coefficient (Wildman–Crippen LogP) is 4.20. The molecule has 1 aromatic heterocycles. The number of nitrogens with zero attached hydrogens (tertiary/aromatic N) is 1. The fraction of sp³-hybridized carbons (Fsp3) is 0.333. The van der Waals surface area contributed by atoms with Crippen LogP contribution in [0.4, 0.5) is 5.69 Å². The molecule has 1 aliphatic heterocycles. The van der Waals surface area contributed by atoms with E-state index in [4.69, 9.17) is 11.6 Å². The van der Waals surface area contributed by atoms with Crippen molar-refractivity contribution in [1.29, 1.82) is 0 Å². The van der Waals surface area contributed by atoms with Crippen molar-refractivity contribution in [3.05, 3.63) is 51.2 Å². The average Bonchev–Trinajstić information content (AvgIpc) is 3.13. The molecule has 6 heteroatoms. The molecule has 4 nitrogen and oxygen atoms in total. The van der Waals surface area contributed by atoms with Gasteiger partial charge in [-0.1, -0.05) is 23.7 Å². The number of carbonyl (C=O) groups excluding carboxylic acids is 2. The van der Waals surface area contributed by atoms with Gasteiger partial charge in [0.25, 0.3) is 5.91 Å². The summed E-state index contributed by atoms with van der Waals surface area (Å²) >= 11 is 7.54. The van der Waals surface area contributed by atoms with Crippen LogP contribution in [-0.4, -0.2) is 29.8 Å². The molecular weight excluding hydrogens is 344 g/mol. The Kier molecular flexibility index (Phi) is 5.21. The predicted molar refractivity (Wildman–Crippen MR) is 97.8 cm³/mol. The van der Waals surface area contributed by atoms with Crippen LogP contribution in [0.5, 0.6) is 0 Å². The third-order valence-electron chi connectivity index (χ3n) is 4.34. The molecule has 2 amide bonds. The molecule has 1 atom stereocenters. The maximum atomic E-state index is 12.6. The van der Waals surface area contributed by atoms with E-state index in [9.17, 15) is 9.59 Å². The van der Waals surface area contributed by atoms with E-state index in [0.29, 0.717) is 18.1 Å². The third kappa shape index (κ3) is 3.62. The first-order valence-corrected chi connectivity index (χ1v) is 9.21. The number of rotatable bonds is 3. The van der Waals surface area contributed by atoms with Crippen LogP contribution in [0.2, 0.25) is 5.02 Å². The summed E-state index contributed by atoms with van der Waals surface area (Å²) in [7, 11) is 0. The van der Waals surface area contributed by atoms with Gasteiger partial charge in [0, 0.05) is 23.8 Å². The Balaban J connectivity index is 1.67. The van der Waals surface area contributed by atoms with Gasteiger partial charge >= 0.3 is 0 Å². The van der Waals surface area contributed by atoms with E-state index in [1.807, 2.05) is 36.6 Å². The lowest BCUT2D eigenvalue weighted by molar-refractivity contribution is -0.121. The van der Waals surface area contributed by atoms with Crippen LogP contribution in [0, 0.1) is 12.8 Å². The van der Waals surface area contributed by atoms with Crippen LogP contribution in [-0.2, 0) is 4.79 Å². The molecule has 0 bridgehead atoms. The highest BCUT2D eigenvalue weighted by Crippen LogP contribution is 2.25. The summed E-state index contributed by atoms with van der Waals surface area (Å²) in [5.74, 6) is -0.230. The average molecular weight is 363 g/mol. The quantitative estimate of drug-likeness (QED) is 0.889. The molecule has 24 heavy (non-hydrogen) atoms. The van der Waals surface area contributed by atoms with E-state index in [-0.39, 0.29) is 17.7 Å². The minimum Gasteiger partial charge on any atom is -0.337 e. The maximum Gasteiger partial charge on any atom is 0.263 e. The largest absolute Gasteiger partial charge is 0.337 e. The number of benzene rings is 1. The van der Waals surface area contributed by atoms with Crippen LogP contribution in [0.3, 0.4) is 0 Å². The second kappa shape index (κ2) is 7.36. The topological polar surface area (TPSA) is 49.4 Å². The van der Waals surface area contributed by atoms with Gasteiger partial charge in [0.15, 0.2) is 0 Å². The van der Waals surface area contributed by atoms with Gasteiger partial charge in [-0.15, -0.1) is 11.3 Å². The van der Waals surface area contributed by atoms with Gasteiger partial charge in [-0.25, -0.2) is 0 Å².